The Labute approximate surface area is 182 Å². The smallest absolute Gasteiger partial charge is 0.234 e. The first kappa shape index (κ1) is 19.3. The summed E-state index contributed by atoms with van der Waals surface area (Å²) >= 11 is 3.28. The van der Waals surface area contributed by atoms with Crippen LogP contribution < -0.4 is 5.32 Å². The van der Waals surface area contributed by atoms with Gasteiger partial charge in [0.05, 0.1) is 18.3 Å². The van der Waals surface area contributed by atoms with Crippen LogP contribution in [0.1, 0.15) is 30.2 Å². The minimum atomic E-state index is -0.773. The molecule has 7 heteroatoms. The first-order valence-electron chi connectivity index (χ1n) is 10.1. The van der Waals surface area contributed by atoms with Crippen LogP contribution in [0.25, 0.3) is 0 Å². The Morgan fingerprint density at radius 3 is 2.40 bits per heavy atom. The molecule has 2 bridgehead atoms. The van der Waals surface area contributed by atoms with Gasteiger partial charge in [-0.15, -0.1) is 0 Å². The van der Waals surface area contributed by atoms with Gasteiger partial charge in [0.25, 0.3) is 0 Å². The molecule has 1 saturated carbocycles. The van der Waals surface area contributed by atoms with Crippen molar-refractivity contribution < 1.29 is 18.8 Å². The molecular formula is C23H21BrN2O4. The molecule has 1 saturated heterocycles. The largest absolute Gasteiger partial charge is 0.452 e. The summed E-state index contributed by atoms with van der Waals surface area (Å²) in [6, 6.07) is 10.1. The third-order valence-electron chi connectivity index (χ3n) is 6.54. The van der Waals surface area contributed by atoms with Crippen molar-refractivity contribution in [3.05, 3.63) is 64.5 Å². The van der Waals surface area contributed by atoms with Crippen molar-refractivity contribution in [2.45, 2.75) is 25.8 Å². The molecule has 3 aliphatic rings. The number of likely N-dealkylation sites (tertiary alicyclic amines) is 1. The predicted molar refractivity (Wildman–Crippen MR) is 113 cm³/mol. The molecule has 2 heterocycles. The van der Waals surface area contributed by atoms with Gasteiger partial charge in [-0.2, -0.15) is 0 Å². The number of furan rings is 1. The second-order valence-corrected chi connectivity index (χ2v) is 9.05. The number of carbonyl (C=O) groups is 3. The Morgan fingerprint density at radius 2 is 1.80 bits per heavy atom. The molecule has 2 aliphatic carbocycles. The molecule has 2 fully saturated rings. The number of benzene rings is 1. The molecule has 5 rings (SSSR count). The predicted octanol–water partition coefficient (Wildman–Crippen LogP) is 4.23. The van der Waals surface area contributed by atoms with Crippen LogP contribution in [0.2, 0.25) is 0 Å². The van der Waals surface area contributed by atoms with Crippen LogP contribution >= 0.6 is 15.9 Å². The molecule has 5 atom stereocenters. The van der Waals surface area contributed by atoms with Crippen LogP contribution in [0.15, 0.2) is 57.6 Å². The number of halogens is 1. The fourth-order valence-electron chi connectivity index (χ4n) is 5.15. The molecule has 0 spiro atoms. The summed E-state index contributed by atoms with van der Waals surface area (Å²) in [7, 11) is 0. The second-order valence-electron chi connectivity index (χ2n) is 8.27. The van der Waals surface area contributed by atoms with Gasteiger partial charge in [-0.3, -0.25) is 19.3 Å². The number of nitrogens with one attached hydrogen (secondary N) is 1. The van der Waals surface area contributed by atoms with Crippen molar-refractivity contribution >= 4 is 39.3 Å². The quantitative estimate of drug-likeness (QED) is 0.525. The maximum absolute atomic E-state index is 13.3. The van der Waals surface area contributed by atoms with E-state index < -0.39 is 6.04 Å². The zero-order chi connectivity index (χ0) is 21.0. The van der Waals surface area contributed by atoms with Crippen molar-refractivity contribution in [2.24, 2.45) is 23.7 Å². The lowest BCUT2D eigenvalue weighted by Gasteiger charge is -2.26. The first-order valence-corrected chi connectivity index (χ1v) is 10.9. The van der Waals surface area contributed by atoms with E-state index in [9.17, 15) is 14.4 Å². The molecule has 0 radical (unpaired) electrons. The first-order chi connectivity index (χ1) is 14.4. The van der Waals surface area contributed by atoms with Gasteiger partial charge in [-0.05, 0) is 64.9 Å². The fourth-order valence-corrected chi connectivity index (χ4v) is 5.47. The van der Waals surface area contributed by atoms with Gasteiger partial charge in [-0.25, -0.2) is 0 Å². The van der Waals surface area contributed by atoms with Gasteiger partial charge in [0, 0.05) is 5.69 Å². The van der Waals surface area contributed by atoms with Crippen molar-refractivity contribution in [3.63, 3.8) is 0 Å². The minimum absolute atomic E-state index is 0.0615. The third-order valence-corrected chi connectivity index (χ3v) is 6.96. The van der Waals surface area contributed by atoms with E-state index >= 15 is 0 Å². The third kappa shape index (κ3) is 3.03. The summed E-state index contributed by atoms with van der Waals surface area (Å²) in [5, 5.41) is 2.90. The molecule has 30 heavy (non-hydrogen) atoms. The van der Waals surface area contributed by atoms with E-state index in [-0.39, 0.29) is 47.8 Å². The zero-order valence-corrected chi connectivity index (χ0v) is 18.0. The number of carbonyl (C=O) groups excluding carboxylic acids is 3. The highest BCUT2D eigenvalue weighted by molar-refractivity contribution is 9.10. The van der Waals surface area contributed by atoms with E-state index in [1.54, 1.807) is 12.1 Å². The van der Waals surface area contributed by atoms with Crippen LogP contribution in [-0.4, -0.2) is 22.6 Å². The molecule has 2 aromatic rings. The number of allylic oxidation sites excluding steroid dienone is 2. The maximum Gasteiger partial charge on any atom is 0.234 e. The van der Waals surface area contributed by atoms with Gasteiger partial charge in [0.1, 0.15) is 11.8 Å². The standard InChI is InChI=1S/C23H21BrN2O4/c1-12-4-2-3-5-15(12)25-19(27)11-16(17-8-9-18(24)30-17)26-22(28)20-13-6-7-14(10-13)21(20)23(26)29/h2-9,13-14,16,20-21H,10-11H2,1H3,(H,25,27). The number of amides is 3. The number of fused-ring (bicyclic) bond motifs is 5. The Bertz CT molecular complexity index is 1040. The highest BCUT2D eigenvalue weighted by Gasteiger charge is 2.60. The second kappa shape index (κ2) is 7.23. The van der Waals surface area contributed by atoms with Crippen LogP contribution in [-0.2, 0) is 14.4 Å². The number of anilines is 1. The van der Waals surface area contributed by atoms with E-state index in [2.05, 4.69) is 33.4 Å². The van der Waals surface area contributed by atoms with Gasteiger partial charge in [0.15, 0.2) is 4.67 Å². The number of hydrogen-bond donors (Lipinski definition) is 1. The lowest BCUT2D eigenvalue weighted by molar-refractivity contribution is -0.144. The zero-order valence-electron chi connectivity index (χ0n) is 16.4. The molecule has 154 valence electrons. The minimum Gasteiger partial charge on any atom is -0.452 e. The topological polar surface area (TPSA) is 79.6 Å². The Balaban J connectivity index is 1.43. The lowest BCUT2D eigenvalue weighted by Crippen LogP contribution is -2.38. The van der Waals surface area contributed by atoms with Crippen molar-refractivity contribution in [2.75, 3.05) is 5.32 Å². The number of para-hydroxylation sites is 1. The Morgan fingerprint density at radius 1 is 1.13 bits per heavy atom. The molecule has 5 unspecified atom stereocenters. The van der Waals surface area contributed by atoms with E-state index in [4.69, 9.17) is 4.42 Å². The highest BCUT2D eigenvalue weighted by Crippen LogP contribution is 2.54. The van der Waals surface area contributed by atoms with E-state index in [1.165, 1.54) is 4.90 Å². The monoisotopic (exact) mass is 468 g/mol. The van der Waals surface area contributed by atoms with Crippen molar-refractivity contribution in [1.29, 1.82) is 0 Å². The van der Waals surface area contributed by atoms with Crippen molar-refractivity contribution in [3.8, 4) is 0 Å². The SMILES string of the molecule is Cc1ccccc1NC(=O)CC(c1ccc(Br)o1)N1C(=O)C2C3C=CC(C3)C2C1=O. The number of rotatable bonds is 5. The average molecular weight is 469 g/mol. The maximum atomic E-state index is 13.3. The fraction of sp³-hybridized carbons (Fsp3) is 0.348. The normalized spacial score (nSPS) is 27.6. The summed E-state index contributed by atoms with van der Waals surface area (Å²) in [6.07, 6.45) is 4.92. The number of nitrogens with zero attached hydrogens (tertiary/aromatic N) is 1. The molecule has 1 aromatic heterocycles. The average Bonchev–Trinajstić information content (AvgIpc) is 3.47. The summed E-state index contributed by atoms with van der Waals surface area (Å²) in [5.41, 5.74) is 1.65. The van der Waals surface area contributed by atoms with Crippen LogP contribution in [0.4, 0.5) is 5.69 Å². The summed E-state index contributed by atoms with van der Waals surface area (Å²) in [4.78, 5) is 40.7. The Kier molecular flexibility index (Phi) is 4.65. The van der Waals surface area contributed by atoms with Crippen LogP contribution in [0.3, 0.4) is 0 Å². The van der Waals surface area contributed by atoms with E-state index in [0.717, 1.165) is 12.0 Å². The van der Waals surface area contributed by atoms with Crippen LogP contribution in [0.5, 0.6) is 0 Å². The summed E-state index contributed by atoms with van der Waals surface area (Å²) < 4.78 is 6.18. The molecule has 1 aromatic carbocycles. The van der Waals surface area contributed by atoms with Crippen LogP contribution in [0, 0.1) is 30.6 Å². The van der Waals surface area contributed by atoms with Gasteiger partial charge >= 0.3 is 0 Å². The highest BCUT2D eigenvalue weighted by atomic mass is 79.9. The summed E-state index contributed by atoms with van der Waals surface area (Å²) in [5.74, 6) is -0.631. The Hall–Kier alpha value is -2.67. The number of hydrogen-bond acceptors (Lipinski definition) is 4. The van der Waals surface area contributed by atoms with Gasteiger partial charge in [-0.1, -0.05) is 30.4 Å². The number of imide groups is 1. The molecule has 1 N–H and O–H groups in total. The number of aryl methyl sites for hydroxylation is 1. The van der Waals surface area contributed by atoms with E-state index in [0.29, 0.717) is 16.1 Å². The van der Waals surface area contributed by atoms with Gasteiger partial charge < -0.3 is 9.73 Å². The lowest BCUT2D eigenvalue weighted by atomic mass is 9.85. The summed E-state index contributed by atoms with van der Waals surface area (Å²) in [6.45, 7) is 1.91. The van der Waals surface area contributed by atoms with Crippen molar-refractivity contribution in [1.82, 2.24) is 4.90 Å². The van der Waals surface area contributed by atoms with Gasteiger partial charge in [0.2, 0.25) is 17.7 Å². The molecular weight excluding hydrogens is 448 g/mol. The molecule has 1 aliphatic heterocycles. The molecule has 6 nitrogen and oxygen atoms in total. The molecule has 3 amide bonds. The van der Waals surface area contributed by atoms with E-state index in [1.807, 2.05) is 31.2 Å².